The number of hydrogen-bond donors (Lipinski definition) is 1. The fourth-order valence-electron chi connectivity index (χ4n) is 5.05. The summed E-state index contributed by atoms with van der Waals surface area (Å²) in [6.07, 6.45) is 4.04. The molecule has 1 N–H and O–H groups in total. The van der Waals surface area contributed by atoms with E-state index in [2.05, 4.69) is 5.32 Å². The van der Waals surface area contributed by atoms with Gasteiger partial charge < -0.3 is 10.2 Å². The average Bonchev–Trinajstić information content (AvgIpc) is 3.48. The Kier molecular flexibility index (Phi) is 11.1. The Balaban J connectivity index is 1.77. The van der Waals surface area contributed by atoms with Crippen LogP contribution in [0, 0.1) is 0 Å². The van der Waals surface area contributed by atoms with Gasteiger partial charge in [-0.2, -0.15) is 0 Å². The Labute approximate surface area is 266 Å². The third-order valence-corrected chi connectivity index (χ3v) is 10.3. The van der Waals surface area contributed by atoms with Crippen molar-refractivity contribution >= 4 is 73.9 Å². The van der Waals surface area contributed by atoms with Crippen LogP contribution in [-0.2, 0) is 26.2 Å². The van der Waals surface area contributed by atoms with Crippen LogP contribution in [-0.4, -0.2) is 43.8 Å². The van der Waals surface area contributed by atoms with Gasteiger partial charge in [-0.3, -0.25) is 13.9 Å². The summed E-state index contributed by atoms with van der Waals surface area (Å²) in [5.41, 5.74) is 0.472. The van der Waals surface area contributed by atoms with Crippen molar-refractivity contribution < 1.29 is 18.0 Å². The highest BCUT2D eigenvalue weighted by atomic mass is 35.5. The van der Waals surface area contributed by atoms with E-state index in [-0.39, 0.29) is 45.5 Å². The minimum Gasteiger partial charge on any atom is -0.352 e. The van der Waals surface area contributed by atoms with Gasteiger partial charge in [0.2, 0.25) is 11.8 Å². The first-order valence-electron chi connectivity index (χ1n) is 13.6. The van der Waals surface area contributed by atoms with E-state index in [9.17, 15) is 18.0 Å². The third kappa shape index (κ3) is 7.53. The number of carbonyl (C=O) groups is 2. The molecule has 224 valence electrons. The summed E-state index contributed by atoms with van der Waals surface area (Å²) in [5.74, 6) is -0.964. The summed E-state index contributed by atoms with van der Waals surface area (Å²) in [5, 5.41) is 4.02. The Bertz CT molecular complexity index is 1510. The van der Waals surface area contributed by atoms with E-state index in [4.69, 9.17) is 46.4 Å². The van der Waals surface area contributed by atoms with Crippen LogP contribution in [0.1, 0.15) is 44.6 Å². The molecule has 1 saturated carbocycles. The van der Waals surface area contributed by atoms with Gasteiger partial charge in [-0.05, 0) is 61.7 Å². The number of sulfonamides is 1. The molecule has 0 bridgehead atoms. The zero-order chi connectivity index (χ0) is 30.4. The Morgan fingerprint density at radius 1 is 0.905 bits per heavy atom. The molecule has 1 aliphatic rings. The van der Waals surface area contributed by atoms with Crippen LogP contribution >= 0.6 is 46.4 Å². The van der Waals surface area contributed by atoms with Crippen molar-refractivity contribution in [2.24, 2.45) is 0 Å². The second-order valence-corrected chi connectivity index (χ2v) is 13.6. The van der Waals surface area contributed by atoms with Crippen LogP contribution in [0.5, 0.6) is 0 Å². The first-order valence-corrected chi connectivity index (χ1v) is 16.5. The first kappa shape index (κ1) is 32.4. The standard InChI is InChI=1S/C30H31Cl4N3O4S/c1-2-27(30(39)35-21-9-6-7-10-21)36(18-23-24(32)13-8-14-25(23)33)29(38)19-37(28-17-20(31)15-16-26(28)34)42(40,41)22-11-4-3-5-12-22/h3-5,8,11-17,21,27H,2,6-7,9-10,18-19H2,1H3,(H,35,39)/t27-/m1/s1. The predicted octanol–water partition coefficient (Wildman–Crippen LogP) is 7.36. The van der Waals surface area contributed by atoms with Gasteiger partial charge in [-0.25, -0.2) is 8.42 Å². The van der Waals surface area contributed by atoms with E-state index < -0.39 is 28.5 Å². The number of benzene rings is 3. The normalized spacial score (nSPS) is 14.4. The number of halogens is 4. The fourth-order valence-corrected chi connectivity index (χ4v) is 7.45. The van der Waals surface area contributed by atoms with E-state index >= 15 is 0 Å². The summed E-state index contributed by atoms with van der Waals surface area (Å²) in [6, 6.07) is 16.1. The predicted molar refractivity (Wildman–Crippen MR) is 169 cm³/mol. The summed E-state index contributed by atoms with van der Waals surface area (Å²) < 4.78 is 28.8. The van der Waals surface area contributed by atoms with Crippen LogP contribution in [0.25, 0.3) is 0 Å². The lowest BCUT2D eigenvalue weighted by Crippen LogP contribution is -2.53. The maximum Gasteiger partial charge on any atom is 0.264 e. The number of amides is 2. The van der Waals surface area contributed by atoms with Crippen LogP contribution in [0.3, 0.4) is 0 Å². The monoisotopic (exact) mass is 669 g/mol. The molecule has 3 aromatic carbocycles. The lowest BCUT2D eigenvalue weighted by atomic mass is 10.1. The van der Waals surface area contributed by atoms with Gasteiger partial charge in [0.05, 0.1) is 15.6 Å². The van der Waals surface area contributed by atoms with E-state index in [0.29, 0.717) is 15.6 Å². The lowest BCUT2D eigenvalue weighted by molar-refractivity contribution is -0.140. The molecule has 0 heterocycles. The Hall–Kier alpha value is -2.49. The number of carbonyl (C=O) groups excluding carboxylic acids is 2. The Morgan fingerprint density at radius 2 is 1.55 bits per heavy atom. The van der Waals surface area contributed by atoms with Crippen LogP contribution in [0.15, 0.2) is 71.6 Å². The molecule has 2 amide bonds. The number of hydrogen-bond acceptors (Lipinski definition) is 4. The molecule has 0 saturated heterocycles. The van der Waals surface area contributed by atoms with E-state index in [1.807, 2.05) is 0 Å². The molecule has 3 aromatic rings. The van der Waals surface area contributed by atoms with Crippen LogP contribution in [0.4, 0.5) is 5.69 Å². The second-order valence-electron chi connectivity index (χ2n) is 10.1. The second kappa shape index (κ2) is 14.3. The third-order valence-electron chi connectivity index (χ3n) is 7.26. The molecular weight excluding hydrogens is 640 g/mol. The highest BCUT2D eigenvalue weighted by Crippen LogP contribution is 2.34. The van der Waals surface area contributed by atoms with Crippen molar-refractivity contribution in [3.05, 3.63) is 92.4 Å². The smallest absolute Gasteiger partial charge is 0.264 e. The Morgan fingerprint density at radius 3 is 2.17 bits per heavy atom. The number of nitrogens with zero attached hydrogens (tertiary/aromatic N) is 2. The molecule has 0 spiro atoms. The zero-order valence-corrected chi connectivity index (χ0v) is 26.7. The molecule has 0 aliphatic heterocycles. The number of anilines is 1. The van der Waals surface area contributed by atoms with E-state index in [0.717, 1.165) is 30.0 Å². The summed E-state index contributed by atoms with van der Waals surface area (Å²) in [6.45, 7) is 1.02. The number of rotatable bonds is 11. The molecule has 0 aromatic heterocycles. The van der Waals surface area contributed by atoms with Gasteiger partial charge in [-0.1, -0.05) is 90.4 Å². The van der Waals surface area contributed by atoms with E-state index in [1.54, 1.807) is 43.3 Å². The molecule has 4 rings (SSSR count). The number of nitrogens with one attached hydrogen (secondary N) is 1. The molecule has 1 atom stereocenters. The minimum atomic E-state index is -4.29. The molecule has 0 unspecified atom stereocenters. The highest BCUT2D eigenvalue weighted by Gasteiger charge is 2.35. The van der Waals surface area contributed by atoms with Crippen LogP contribution in [0.2, 0.25) is 20.1 Å². The summed E-state index contributed by atoms with van der Waals surface area (Å²) in [7, 11) is -4.29. The first-order chi connectivity index (χ1) is 20.0. The van der Waals surface area contributed by atoms with Crippen molar-refractivity contribution in [2.75, 3.05) is 10.8 Å². The van der Waals surface area contributed by atoms with E-state index in [1.165, 1.54) is 35.2 Å². The topological polar surface area (TPSA) is 86.8 Å². The molecule has 1 fully saturated rings. The average molecular weight is 671 g/mol. The molecule has 1 aliphatic carbocycles. The van der Waals surface area contributed by atoms with Crippen molar-refractivity contribution in [3.63, 3.8) is 0 Å². The van der Waals surface area contributed by atoms with Crippen molar-refractivity contribution in [2.45, 2.75) is 62.6 Å². The maximum atomic E-state index is 14.2. The molecule has 0 radical (unpaired) electrons. The van der Waals surface area contributed by atoms with Crippen molar-refractivity contribution in [1.29, 1.82) is 0 Å². The van der Waals surface area contributed by atoms with Crippen molar-refractivity contribution in [1.82, 2.24) is 10.2 Å². The maximum absolute atomic E-state index is 14.2. The quantitative estimate of drug-likeness (QED) is 0.231. The van der Waals surface area contributed by atoms with Crippen molar-refractivity contribution in [3.8, 4) is 0 Å². The lowest BCUT2D eigenvalue weighted by Gasteiger charge is -2.34. The largest absolute Gasteiger partial charge is 0.352 e. The van der Waals surface area contributed by atoms with Gasteiger partial charge in [0, 0.05) is 33.2 Å². The molecule has 12 heteroatoms. The molecular formula is C30H31Cl4N3O4S. The minimum absolute atomic E-state index is 0.0210. The highest BCUT2D eigenvalue weighted by molar-refractivity contribution is 7.92. The SMILES string of the molecule is CC[C@H](C(=O)NC1CCCC1)N(Cc1c(Cl)cccc1Cl)C(=O)CN(c1cc(Cl)ccc1Cl)S(=O)(=O)c1ccccc1. The molecule has 7 nitrogen and oxygen atoms in total. The zero-order valence-electron chi connectivity index (χ0n) is 22.9. The summed E-state index contributed by atoms with van der Waals surface area (Å²) >= 11 is 25.7. The van der Waals surface area contributed by atoms with Gasteiger partial charge >= 0.3 is 0 Å². The van der Waals surface area contributed by atoms with Gasteiger partial charge in [-0.15, -0.1) is 0 Å². The van der Waals surface area contributed by atoms with Crippen LogP contribution < -0.4 is 9.62 Å². The molecule has 42 heavy (non-hydrogen) atoms. The fraction of sp³-hybridized carbons (Fsp3) is 0.333. The van der Waals surface area contributed by atoms with Gasteiger partial charge in [0.15, 0.2) is 0 Å². The van der Waals surface area contributed by atoms with Gasteiger partial charge in [0.1, 0.15) is 12.6 Å². The van der Waals surface area contributed by atoms with Gasteiger partial charge in [0.25, 0.3) is 10.0 Å². The summed E-state index contributed by atoms with van der Waals surface area (Å²) in [4.78, 5) is 29.1.